The van der Waals surface area contributed by atoms with Crippen molar-refractivity contribution in [3.8, 4) is 5.75 Å². The number of aromatic nitrogens is 1. The third-order valence-corrected chi connectivity index (χ3v) is 3.55. The zero-order valence-corrected chi connectivity index (χ0v) is 12.5. The molecule has 0 spiro atoms. The van der Waals surface area contributed by atoms with Gasteiger partial charge in [-0.05, 0) is 29.8 Å². The second-order valence-electron chi connectivity index (χ2n) is 5.20. The molecule has 0 aliphatic carbocycles. The average molecular weight is 349 g/mol. The first-order chi connectivity index (χ1) is 11.9. The minimum atomic E-state index is -1.70. The molecule has 1 heterocycles. The Kier molecular flexibility index (Phi) is 4.18. The molecule has 0 amide bonds. The van der Waals surface area contributed by atoms with E-state index in [2.05, 4.69) is 4.74 Å². The quantitative estimate of drug-likeness (QED) is 0.735. The Morgan fingerprint density at radius 2 is 1.84 bits per heavy atom. The fourth-order valence-electron chi connectivity index (χ4n) is 2.51. The molecule has 0 radical (unpaired) electrons. The van der Waals surface area contributed by atoms with Crippen molar-refractivity contribution in [2.24, 2.45) is 0 Å². The van der Waals surface area contributed by atoms with Crippen LogP contribution in [0.15, 0.2) is 47.4 Å². The number of nitrogens with zero attached hydrogens (tertiary/aromatic N) is 1. The fourth-order valence-corrected chi connectivity index (χ4v) is 2.51. The Morgan fingerprint density at radius 3 is 2.52 bits per heavy atom. The van der Waals surface area contributed by atoms with Crippen LogP contribution in [0.4, 0.5) is 18.0 Å². The van der Waals surface area contributed by atoms with Gasteiger partial charge in [-0.25, -0.2) is 18.0 Å². The van der Waals surface area contributed by atoms with E-state index < -0.39 is 34.8 Å². The summed E-state index contributed by atoms with van der Waals surface area (Å²) >= 11 is 0. The van der Waals surface area contributed by atoms with Gasteiger partial charge in [0.25, 0.3) is 0 Å². The Labute approximate surface area is 138 Å². The SMILES string of the molecule is O=C(O)Oc1cn(Cc2ccc(F)c(F)c2)c2c(F)cccc2c1=O. The number of para-hydroxylation sites is 1. The topological polar surface area (TPSA) is 68.5 Å². The van der Waals surface area contributed by atoms with Crippen molar-refractivity contribution < 1.29 is 27.8 Å². The second kappa shape index (κ2) is 6.31. The number of carbonyl (C=O) groups is 1. The number of halogens is 3. The molecule has 0 unspecified atom stereocenters. The molecule has 25 heavy (non-hydrogen) atoms. The normalized spacial score (nSPS) is 10.8. The van der Waals surface area contributed by atoms with Gasteiger partial charge in [0.1, 0.15) is 5.82 Å². The van der Waals surface area contributed by atoms with E-state index in [1.165, 1.54) is 22.8 Å². The Bertz CT molecular complexity index is 1050. The van der Waals surface area contributed by atoms with Crippen LogP contribution in [0.3, 0.4) is 0 Å². The van der Waals surface area contributed by atoms with E-state index in [1.54, 1.807) is 0 Å². The van der Waals surface area contributed by atoms with Crippen molar-refractivity contribution in [3.63, 3.8) is 0 Å². The van der Waals surface area contributed by atoms with E-state index in [9.17, 15) is 22.8 Å². The predicted octanol–water partition coefficient (Wildman–Crippen LogP) is 3.52. The first-order valence-electron chi connectivity index (χ1n) is 7.03. The van der Waals surface area contributed by atoms with E-state index >= 15 is 0 Å². The zero-order chi connectivity index (χ0) is 18.1. The van der Waals surface area contributed by atoms with Crippen molar-refractivity contribution in [1.82, 2.24) is 4.57 Å². The van der Waals surface area contributed by atoms with Crippen LogP contribution in [-0.4, -0.2) is 15.8 Å². The van der Waals surface area contributed by atoms with E-state index in [0.29, 0.717) is 0 Å². The predicted molar refractivity (Wildman–Crippen MR) is 82.3 cm³/mol. The monoisotopic (exact) mass is 349 g/mol. The summed E-state index contributed by atoms with van der Waals surface area (Å²) in [7, 11) is 0. The first-order valence-corrected chi connectivity index (χ1v) is 7.03. The standard InChI is InChI=1S/C17H10F3NO4/c18-11-5-4-9(6-13(11)20)7-21-8-14(25-17(23)24)16(22)10-2-1-3-12(19)15(10)21/h1-6,8H,7H2,(H,23,24). The van der Waals surface area contributed by atoms with Crippen molar-refractivity contribution in [2.45, 2.75) is 6.54 Å². The van der Waals surface area contributed by atoms with Gasteiger partial charge in [0, 0.05) is 6.54 Å². The highest BCUT2D eigenvalue weighted by Gasteiger charge is 2.16. The van der Waals surface area contributed by atoms with Gasteiger partial charge < -0.3 is 14.4 Å². The third kappa shape index (κ3) is 3.18. The molecule has 3 rings (SSSR count). The number of ether oxygens (including phenoxy) is 1. The van der Waals surface area contributed by atoms with Gasteiger partial charge >= 0.3 is 6.16 Å². The smallest absolute Gasteiger partial charge is 0.449 e. The van der Waals surface area contributed by atoms with Crippen LogP contribution in [0, 0.1) is 17.5 Å². The lowest BCUT2D eigenvalue weighted by Crippen LogP contribution is -2.17. The highest BCUT2D eigenvalue weighted by Crippen LogP contribution is 2.21. The van der Waals surface area contributed by atoms with Crippen molar-refractivity contribution in [2.75, 3.05) is 0 Å². The number of fused-ring (bicyclic) bond motifs is 1. The van der Waals surface area contributed by atoms with E-state index in [4.69, 9.17) is 5.11 Å². The molecule has 0 fully saturated rings. The molecule has 8 heteroatoms. The van der Waals surface area contributed by atoms with Crippen LogP contribution < -0.4 is 10.2 Å². The summed E-state index contributed by atoms with van der Waals surface area (Å²) < 4.78 is 46.3. The van der Waals surface area contributed by atoms with Crippen LogP contribution in [0.1, 0.15) is 5.56 Å². The molecule has 128 valence electrons. The number of hydrogen-bond acceptors (Lipinski definition) is 3. The van der Waals surface area contributed by atoms with Crippen molar-refractivity contribution in [1.29, 1.82) is 0 Å². The average Bonchev–Trinajstić information content (AvgIpc) is 2.55. The van der Waals surface area contributed by atoms with Gasteiger partial charge in [-0.15, -0.1) is 0 Å². The molecule has 0 saturated heterocycles. The number of rotatable bonds is 3. The lowest BCUT2D eigenvalue weighted by molar-refractivity contribution is 0.144. The molecule has 5 nitrogen and oxygen atoms in total. The highest BCUT2D eigenvalue weighted by atomic mass is 19.2. The minimum Gasteiger partial charge on any atom is -0.449 e. The Morgan fingerprint density at radius 1 is 1.08 bits per heavy atom. The highest BCUT2D eigenvalue weighted by molar-refractivity contribution is 5.81. The van der Waals surface area contributed by atoms with Gasteiger partial charge in [-0.1, -0.05) is 12.1 Å². The fraction of sp³-hybridized carbons (Fsp3) is 0.0588. The lowest BCUT2D eigenvalue weighted by atomic mass is 10.1. The van der Waals surface area contributed by atoms with Crippen LogP contribution >= 0.6 is 0 Å². The molecule has 1 N–H and O–H groups in total. The minimum absolute atomic E-state index is 0.0960. The van der Waals surface area contributed by atoms with E-state index in [-0.39, 0.29) is 23.0 Å². The zero-order valence-electron chi connectivity index (χ0n) is 12.5. The van der Waals surface area contributed by atoms with Gasteiger partial charge in [0.2, 0.25) is 5.43 Å². The second-order valence-corrected chi connectivity index (χ2v) is 5.20. The largest absolute Gasteiger partial charge is 0.511 e. The van der Waals surface area contributed by atoms with Crippen LogP contribution in [0.2, 0.25) is 0 Å². The number of benzene rings is 2. The van der Waals surface area contributed by atoms with E-state index in [0.717, 1.165) is 24.4 Å². The number of carboxylic acid groups (broad SMARTS) is 1. The Balaban J connectivity index is 2.21. The molecule has 0 aliphatic heterocycles. The molecule has 0 atom stereocenters. The van der Waals surface area contributed by atoms with Gasteiger partial charge in [0.05, 0.1) is 17.1 Å². The molecular weight excluding hydrogens is 339 g/mol. The summed E-state index contributed by atoms with van der Waals surface area (Å²) in [6, 6.07) is 6.88. The summed E-state index contributed by atoms with van der Waals surface area (Å²) in [4.78, 5) is 23.0. The number of pyridine rings is 1. The molecule has 0 saturated carbocycles. The van der Waals surface area contributed by atoms with Gasteiger partial charge in [0.15, 0.2) is 17.4 Å². The molecule has 0 aliphatic rings. The van der Waals surface area contributed by atoms with Crippen molar-refractivity contribution >= 4 is 17.1 Å². The third-order valence-electron chi connectivity index (χ3n) is 3.55. The maximum atomic E-state index is 14.2. The molecule has 3 aromatic rings. The summed E-state index contributed by atoms with van der Waals surface area (Å²) in [6.45, 7) is -0.134. The maximum Gasteiger partial charge on any atom is 0.511 e. The lowest BCUT2D eigenvalue weighted by Gasteiger charge is -2.13. The number of hydrogen-bond donors (Lipinski definition) is 1. The van der Waals surface area contributed by atoms with Gasteiger partial charge in [-0.3, -0.25) is 4.79 Å². The maximum absolute atomic E-state index is 14.2. The summed E-state index contributed by atoms with van der Waals surface area (Å²) in [5.74, 6) is -3.35. The molecule has 1 aromatic heterocycles. The van der Waals surface area contributed by atoms with Crippen LogP contribution in [0.5, 0.6) is 5.75 Å². The van der Waals surface area contributed by atoms with Crippen molar-refractivity contribution in [3.05, 3.63) is 75.8 Å². The van der Waals surface area contributed by atoms with E-state index in [1.807, 2.05) is 0 Å². The molecular formula is C17H10F3NO4. The van der Waals surface area contributed by atoms with Crippen LogP contribution in [0.25, 0.3) is 10.9 Å². The van der Waals surface area contributed by atoms with Gasteiger partial charge in [-0.2, -0.15) is 0 Å². The molecule has 0 bridgehead atoms. The first kappa shape index (κ1) is 16.6. The summed E-state index contributed by atoms with van der Waals surface area (Å²) in [5, 5.41) is 8.63. The van der Waals surface area contributed by atoms with Crippen LogP contribution in [-0.2, 0) is 6.54 Å². The Hall–Kier alpha value is -3.29. The summed E-state index contributed by atoms with van der Waals surface area (Å²) in [5.41, 5.74) is -0.609. The summed E-state index contributed by atoms with van der Waals surface area (Å²) in [6.07, 6.45) is -0.685. The molecule has 2 aromatic carbocycles.